The van der Waals surface area contributed by atoms with Crippen molar-refractivity contribution < 1.29 is 4.74 Å². The van der Waals surface area contributed by atoms with Crippen LogP contribution in [0.25, 0.3) is 0 Å². The van der Waals surface area contributed by atoms with Gasteiger partial charge in [0.05, 0.1) is 17.8 Å². The molecule has 4 heteroatoms. The van der Waals surface area contributed by atoms with Crippen molar-refractivity contribution in [2.45, 2.75) is 32.2 Å². The fourth-order valence-electron chi connectivity index (χ4n) is 3.66. The number of nitrogens with two attached hydrogens (primary N) is 1. The number of para-hydroxylation sites is 2. The molecule has 2 aliphatic rings. The van der Waals surface area contributed by atoms with Gasteiger partial charge < -0.3 is 15.4 Å². The predicted octanol–water partition coefficient (Wildman–Crippen LogP) is 3.14. The van der Waals surface area contributed by atoms with E-state index in [1.165, 1.54) is 17.9 Å². The molecule has 21 heavy (non-hydrogen) atoms. The maximum Gasteiger partial charge on any atom is 0.142 e. The second-order valence-corrected chi connectivity index (χ2v) is 7.85. The molecule has 0 aromatic heterocycles. The monoisotopic (exact) mass is 306 g/mol. The summed E-state index contributed by atoms with van der Waals surface area (Å²) < 4.78 is 5.94. The molecule has 0 radical (unpaired) electrons. The van der Waals surface area contributed by atoms with Gasteiger partial charge in [0.25, 0.3) is 0 Å². The van der Waals surface area contributed by atoms with Crippen LogP contribution in [0.5, 0.6) is 5.75 Å². The Kier molecular flexibility index (Phi) is 4.10. The molecule has 0 amide bonds. The third kappa shape index (κ3) is 2.42. The summed E-state index contributed by atoms with van der Waals surface area (Å²) in [6, 6.07) is 8.43. The zero-order chi connectivity index (χ0) is 14.9. The number of nitrogens with zero attached hydrogens (tertiary/aromatic N) is 1. The Morgan fingerprint density at radius 1 is 1.33 bits per heavy atom. The highest BCUT2D eigenvalue weighted by Gasteiger charge is 2.50. The van der Waals surface area contributed by atoms with Gasteiger partial charge in [-0.2, -0.15) is 11.8 Å². The second kappa shape index (κ2) is 5.73. The van der Waals surface area contributed by atoms with Crippen molar-refractivity contribution in [2.24, 2.45) is 11.1 Å². The lowest BCUT2D eigenvalue weighted by atomic mass is 9.69. The molecule has 0 spiro atoms. The molecule has 0 saturated carbocycles. The molecule has 0 aliphatic carbocycles. The Morgan fingerprint density at radius 2 is 2.14 bits per heavy atom. The van der Waals surface area contributed by atoms with Gasteiger partial charge in [-0.25, -0.2) is 0 Å². The lowest BCUT2D eigenvalue weighted by Gasteiger charge is -2.56. The van der Waals surface area contributed by atoms with Gasteiger partial charge in [-0.05, 0) is 36.1 Å². The van der Waals surface area contributed by atoms with Gasteiger partial charge in [0.2, 0.25) is 0 Å². The number of thioether (sulfide) groups is 1. The van der Waals surface area contributed by atoms with E-state index in [9.17, 15) is 0 Å². The molecule has 1 aromatic rings. The molecule has 2 aliphatic heterocycles. The lowest BCUT2D eigenvalue weighted by Crippen LogP contribution is -2.66. The van der Waals surface area contributed by atoms with E-state index in [0.29, 0.717) is 6.54 Å². The zero-order valence-corrected chi connectivity index (χ0v) is 13.9. The molecule has 2 N–H and O–H groups in total. The average molecular weight is 306 g/mol. The third-order valence-corrected chi connectivity index (χ3v) is 6.44. The van der Waals surface area contributed by atoms with Crippen LogP contribution in [-0.2, 0) is 0 Å². The van der Waals surface area contributed by atoms with Gasteiger partial charge in [0.15, 0.2) is 0 Å². The number of hydrogen-bond donors (Lipinski definition) is 1. The Labute approximate surface area is 132 Å². The van der Waals surface area contributed by atoms with Crippen molar-refractivity contribution in [2.75, 3.05) is 36.1 Å². The van der Waals surface area contributed by atoms with E-state index in [1.54, 1.807) is 0 Å². The predicted molar refractivity (Wildman–Crippen MR) is 91.4 cm³/mol. The van der Waals surface area contributed by atoms with Gasteiger partial charge in [-0.1, -0.05) is 26.0 Å². The van der Waals surface area contributed by atoms with Crippen LogP contribution in [0.2, 0.25) is 0 Å². The minimum absolute atomic E-state index is 0.0136. The van der Waals surface area contributed by atoms with Gasteiger partial charge in [0, 0.05) is 18.8 Å². The highest BCUT2D eigenvalue weighted by atomic mass is 32.2. The van der Waals surface area contributed by atoms with Gasteiger partial charge in [0.1, 0.15) is 5.75 Å². The molecular weight excluding hydrogens is 280 g/mol. The summed E-state index contributed by atoms with van der Waals surface area (Å²) in [5.74, 6) is 3.35. The smallest absolute Gasteiger partial charge is 0.142 e. The molecule has 1 atom stereocenters. The molecule has 1 fully saturated rings. The second-order valence-electron chi connectivity index (χ2n) is 6.74. The van der Waals surface area contributed by atoms with Gasteiger partial charge in [-0.3, -0.25) is 0 Å². The first-order valence-corrected chi connectivity index (χ1v) is 9.03. The zero-order valence-electron chi connectivity index (χ0n) is 13.1. The lowest BCUT2D eigenvalue weighted by molar-refractivity contribution is 0.168. The van der Waals surface area contributed by atoms with Crippen LogP contribution < -0.4 is 15.4 Å². The largest absolute Gasteiger partial charge is 0.491 e. The summed E-state index contributed by atoms with van der Waals surface area (Å²) in [4.78, 5) is 2.56. The Morgan fingerprint density at radius 3 is 2.90 bits per heavy atom. The van der Waals surface area contributed by atoms with E-state index < -0.39 is 0 Å². The molecule has 0 bridgehead atoms. The highest BCUT2D eigenvalue weighted by Crippen LogP contribution is 2.49. The standard InChI is InChI=1S/C17H26N2OS/c1-16(2)8-11-21-13-17(16,12-18)19-9-5-10-20-15-7-4-3-6-14(15)19/h3-4,6-7H,5,8-13,18H2,1-2H3. The summed E-state index contributed by atoms with van der Waals surface area (Å²) in [5, 5.41) is 0. The van der Waals surface area contributed by atoms with Crippen LogP contribution in [-0.4, -0.2) is 36.7 Å². The maximum absolute atomic E-state index is 6.36. The fourth-order valence-corrected chi connectivity index (χ4v) is 5.46. The quantitative estimate of drug-likeness (QED) is 0.911. The van der Waals surface area contributed by atoms with E-state index in [1.807, 2.05) is 11.8 Å². The van der Waals surface area contributed by atoms with E-state index in [-0.39, 0.29) is 11.0 Å². The Hall–Kier alpha value is -0.870. The normalized spacial score (nSPS) is 28.4. The number of anilines is 1. The van der Waals surface area contributed by atoms with Crippen LogP contribution in [0, 0.1) is 5.41 Å². The van der Waals surface area contributed by atoms with Crippen LogP contribution >= 0.6 is 11.8 Å². The van der Waals surface area contributed by atoms with Crippen LogP contribution in [0.3, 0.4) is 0 Å². The van der Waals surface area contributed by atoms with E-state index in [2.05, 4.69) is 43.0 Å². The number of ether oxygens (including phenoxy) is 1. The van der Waals surface area contributed by atoms with E-state index in [0.717, 1.165) is 31.1 Å². The summed E-state index contributed by atoms with van der Waals surface area (Å²) >= 11 is 2.04. The minimum atomic E-state index is 0.0136. The first-order valence-electron chi connectivity index (χ1n) is 7.88. The molecule has 3 nitrogen and oxygen atoms in total. The highest BCUT2D eigenvalue weighted by molar-refractivity contribution is 7.99. The van der Waals surface area contributed by atoms with Gasteiger partial charge >= 0.3 is 0 Å². The summed E-state index contributed by atoms with van der Waals surface area (Å²) in [6.45, 7) is 7.28. The molecule has 1 aromatic carbocycles. The van der Waals surface area contributed by atoms with Crippen LogP contribution in [0.4, 0.5) is 5.69 Å². The third-order valence-electron chi connectivity index (χ3n) is 5.27. The fraction of sp³-hybridized carbons (Fsp3) is 0.647. The van der Waals surface area contributed by atoms with Crippen LogP contribution in [0.15, 0.2) is 24.3 Å². The molecule has 116 valence electrons. The first kappa shape index (κ1) is 15.0. The van der Waals surface area contributed by atoms with Crippen molar-refractivity contribution in [1.29, 1.82) is 0 Å². The Bertz CT molecular complexity index is 505. The summed E-state index contributed by atoms with van der Waals surface area (Å²) in [6.07, 6.45) is 2.27. The van der Waals surface area contributed by atoms with E-state index >= 15 is 0 Å². The first-order chi connectivity index (χ1) is 10.1. The van der Waals surface area contributed by atoms with Crippen molar-refractivity contribution in [3.63, 3.8) is 0 Å². The summed E-state index contributed by atoms with van der Waals surface area (Å²) in [5.41, 5.74) is 7.80. The molecular formula is C17H26N2OS. The number of hydrogen-bond acceptors (Lipinski definition) is 4. The average Bonchev–Trinajstić information content (AvgIpc) is 2.70. The molecule has 1 unspecified atom stereocenters. The minimum Gasteiger partial charge on any atom is -0.491 e. The maximum atomic E-state index is 6.36. The molecule has 2 heterocycles. The number of benzene rings is 1. The van der Waals surface area contributed by atoms with Crippen molar-refractivity contribution in [3.8, 4) is 5.75 Å². The van der Waals surface area contributed by atoms with Crippen molar-refractivity contribution in [3.05, 3.63) is 24.3 Å². The SMILES string of the molecule is CC1(C)CCSCC1(CN)N1CCCOc2ccccc21. The summed E-state index contributed by atoms with van der Waals surface area (Å²) in [7, 11) is 0. The Balaban J connectivity index is 2.08. The van der Waals surface area contributed by atoms with Crippen molar-refractivity contribution >= 4 is 17.4 Å². The molecule has 3 rings (SSSR count). The van der Waals surface area contributed by atoms with E-state index in [4.69, 9.17) is 10.5 Å². The topological polar surface area (TPSA) is 38.5 Å². The molecule has 1 saturated heterocycles. The van der Waals surface area contributed by atoms with Crippen LogP contribution in [0.1, 0.15) is 26.7 Å². The number of rotatable bonds is 2. The van der Waals surface area contributed by atoms with Gasteiger partial charge in [-0.15, -0.1) is 0 Å². The van der Waals surface area contributed by atoms with Crippen molar-refractivity contribution in [1.82, 2.24) is 0 Å². The number of fused-ring (bicyclic) bond motifs is 1.